The van der Waals surface area contributed by atoms with E-state index in [1.807, 2.05) is 22.6 Å². The fraction of sp³-hybridized carbons (Fsp3) is 0.385. The van der Waals surface area contributed by atoms with Crippen LogP contribution in [0.3, 0.4) is 0 Å². The Morgan fingerprint density at radius 2 is 2.20 bits per heavy atom. The van der Waals surface area contributed by atoms with Crippen LogP contribution in [-0.4, -0.2) is 35.7 Å². The zero-order chi connectivity index (χ0) is 14.7. The third-order valence-electron chi connectivity index (χ3n) is 3.05. The van der Waals surface area contributed by atoms with E-state index < -0.39 is 17.9 Å². The van der Waals surface area contributed by atoms with Crippen molar-refractivity contribution in [2.24, 2.45) is 0 Å². The number of rotatable bonds is 4. The van der Waals surface area contributed by atoms with E-state index in [0.717, 1.165) is 0 Å². The van der Waals surface area contributed by atoms with Gasteiger partial charge >= 0.3 is 5.97 Å². The van der Waals surface area contributed by atoms with Crippen LogP contribution in [0.15, 0.2) is 18.2 Å². The molecule has 1 aliphatic heterocycles. The molecule has 1 amide bonds. The molecule has 1 aromatic carbocycles. The van der Waals surface area contributed by atoms with Crippen LogP contribution in [0.25, 0.3) is 0 Å². The second kappa shape index (κ2) is 6.49. The topological polar surface area (TPSA) is 75.6 Å². The zero-order valence-corrected chi connectivity index (χ0v) is 12.6. The number of carbonyl (C=O) groups excluding carboxylic acids is 1. The number of nitrogens with one attached hydrogen (secondary N) is 1. The lowest BCUT2D eigenvalue weighted by Crippen LogP contribution is -2.33. The summed E-state index contributed by atoms with van der Waals surface area (Å²) in [5, 5.41) is 11.5. The van der Waals surface area contributed by atoms with Crippen molar-refractivity contribution in [1.82, 2.24) is 5.32 Å². The molecule has 108 valence electrons. The molecule has 0 aromatic heterocycles. The van der Waals surface area contributed by atoms with Crippen molar-refractivity contribution < 1.29 is 23.8 Å². The fourth-order valence-electron chi connectivity index (χ4n) is 2.01. The third-order valence-corrected chi connectivity index (χ3v) is 3.94. The molecule has 7 heteroatoms. The monoisotopic (exact) mass is 393 g/mol. The van der Waals surface area contributed by atoms with E-state index in [9.17, 15) is 14.0 Å². The van der Waals surface area contributed by atoms with Gasteiger partial charge in [-0.25, -0.2) is 9.18 Å². The molecule has 0 saturated carbocycles. The summed E-state index contributed by atoms with van der Waals surface area (Å²) in [5.41, 5.74) is 0.389. The van der Waals surface area contributed by atoms with Gasteiger partial charge in [-0.1, -0.05) is 0 Å². The van der Waals surface area contributed by atoms with Gasteiger partial charge in [0.2, 0.25) is 0 Å². The quantitative estimate of drug-likeness (QED) is 0.766. The molecule has 2 unspecified atom stereocenters. The van der Waals surface area contributed by atoms with Crippen LogP contribution in [0.2, 0.25) is 0 Å². The maximum absolute atomic E-state index is 12.9. The minimum absolute atomic E-state index is 0.246. The number of carboxylic acids is 1. The van der Waals surface area contributed by atoms with E-state index in [4.69, 9.17) is 9.84 Å². The molecule has 0 aliphatic carbocycles. The summed E-state index contributed by atoms with van der Waals surface area (Å²) in [6.45, 7) is 0.246. The van der Waals surface area contributed by atoms with Gasteiger partial charge in [0.1, 0.15) is 5.82 Å². The Morgan fingerprint density at radius 3 is 2.80 bits per heavy atom. The highest BCUT2D eigenvalue weighted by atomic mass is 127. The SMILES string of the molecule is O=C(NCC1CCC(C(=O)O)O1)c1ccc(F)cc1I. The number of aliphatic carboxylic acids is 1. The summed E-state index contributed by atoms with van der Waals surface area (Å²) in [6.07, 6.45) is -0.0390. The summed E-state index contributed by atoms with van der Waals surface area (Å²) in [7, 11) is 0. The smallest absolute Gasteiger partial charge is 0.332 e. The molecule has 1 saturated heterocycles. The van der Waals surface area contributed by atoms with Crippen LogP contribution < -0.4 is 5.32 Å². The lowest BCUT2D eigenvalue weighted by atomic mass is 10.2. The molecule has 2 rings (SSSR count). The van der Waals surface area contributed by atoms with Crippen LogP contribution in [0.5, 0.6) is 0 Å². The highest BCUT2D eigenvalue weighted by Crippen LogP contribution is 2.19. The van der Waals surface area contributed by atoms with Crippen LogP contribution in [-0.2, 0) is 9.53 Å². The summed E-state index contributed by atoms with van der Waals surface area (Å²) in [6, 6.07) is 3.92. The Balaban J connectivity index is 1.88. The van der Waals surface area contributed by atoms with E-state index >= 15 is 0 Å². The number of hydrogen-bond acceptors (Lipinski definition) is 3. The maximum Gasteiger partial charge on any atom is 0.332 e. The van der Waals surface area contributed by atoms with Crippen molar-refractivity contribution >= 4 is 34.5 Å². The minimum Gasteiger partial charge on any atom is -0.479 e. The first-order chi connectivity index (χ1) is 9.47. The van der Waals surface area contributed by atoms with Gasteiger partial charge in [-0.2, -0.15) is 0 Å². The van der Waals surface area contributed by atoms with Crippen molar-refractivity contribution in [3.05, 3.63) is 33.1 Å². The first-order valence-electron chi connectivity index (χ1n) is 6.09. The van der Waals surface area contributed by atoms with Gasteiger partial charge in [0.25, 0.3) is 5.91 Å². The molecular weight excluding hydrogens is 380 g/mol. The average molecular weight is 393 g/mol. The average Bonchev–Trinajstić information content (AvgIpc) is 2.85. The number of carboxylic acid groups (broad SMARTS) is 1. The van der Waals surface area contributed by atoms with Crippen LogP contribution >= 0.6 is 22.6 Å². The van der Waals surface area contributed by atoms with Crippen LogP contribution in [0.1, 0.15) is 23.2 Å². The number of benzene rings is 1. The Hall–Kier alpha value is -1.22. The Labute approximate surface area is 128 Å². The number of halogens is 2. The molecule has 0 radical (unpaired) electrons. The normalized spacial score (nSPS) is 21.7. The number of amides is 1. The van der Waals surface area contributed by atoms with Gasteiger partial charge in [0, 0.05) is 10.1 Å². The van der Waals surface area contributed by atoms with Gasteiger partial charge in [0.15, 0.2) is 6.10 Å². The van der Waals surface area contributed by atoms with E-state index in [0.29, 0.717) is 22.0 Å². The number of hydrogen-bond donors (Lipinski definition) is 2. The highest BCUT2D eigenvalue weighted by molar-refractivity contribution is 14.1. The summed E-state index contributed by atoms with van der Waals surface area (Å²) >= 11 is 1.89. The zero-order valence-electron chi connectivity index (χ0n) is 10.4. The van der Waals surface area contributed by atoms with Gasteiger partial charge in [0.05, 0.1) is 11.7 Å². The molecule has 20 heavy (non-hydrogen) atoms. The second-order valence-corrected chi connectivity index (χ2v) is 5.66. The predicted octanol–water partition coefficient (Wildman–Crippen LogP) is 1.79. The van der Waals surface area contributed by atoms with Crippen LogP contribution in [0, 0.1) is 9.39 Å². The van der Waals surface area contributed by atoms with Crippen molar-refractivity contribution in [3.8, 4) is 0 Å². The number of carbonyl (C=O) groups is 2. The van der Waals surface area contributed by atoms with E-state index in [-0.39, 0.29) is 18.6 Å². The third kappa shape index (κ3) is 3.66. The molecule has 5 nitrogen and oxygen atoms in total. The molecule has 1 heterocycles. The highest BCUT2D eigenvalue weighted by Gasteiger charge is 2.30. The first kappa shape index (κ1) is 15.2. The summed E-state index contributed by atoms with van der Waals surface area (Å²) in [4.78, 5) is 22.7. The van der Waals surface area contributed by atoms with E-state index in [1.165, 1.54) is 18.2 Å². The first-order valence-corrected chi connectivity index (χ1v) is 7.16. The largest absolute Gasteiger partial charge is 0.479 e. The van der Waals surface area contributed by atoms with Gasteiger partial charge in [-0.15, -0.1) is 0 Å². The molecule has 2 N–H and O–H groups in total. The van der Waals surface area contributed by atoms with Gasteiger partial charge in [-0.3, -0.25) is 4.79 Å². The molecule has 2 atom stereocenters. The Bertz CT molecular complexity index is 537. The molecular formula is C13H13FINO4. The maximum atomic E-state index is 12.9. The standard InChI is InChI=1S/C13H13FINO4/c14-7-1-3-9(10(15)5-7)12(17)16-6-8-2-4-11(20-8)13(18)19/h1,3,5,8,11H,2,4,6H2,(H,16,17)(H,18,19). The van der Waals surface area contributed by atoms with Gasteiger partial charge in [-0.05, 0) is 53.6 Å². The Kier molecular flexibility index (Phi) is 4.92. The summed E-state index contributed by atoms with van der Waals surface area (Å²) < 4.78 is 18.8. The fourth-order valence-corrected chi connectivity index (χ4v) is 2.74. The van der Waals surface area contributed by atoms with E-state index in [1.54, 1.807) is 0 Å². The molecule has 0 spiro atoms. The second-order valence-electron chi connectivity index (χ2n) is 4.50. The Morgan fingerprint density at radius 1 is 1.45 bits per heavy atom. The van der Waals surface area contributed by atoms with E-state index in [2.05, 4.69) is 5.32 Å². The van der Waals surface area contributed by atoms with Crippen molar-refractivity contribution in [2.45, 2.75) is 25.0 Å². The van der Waals surface area contributed by atoms with Crippen molar-refractivity contribution in [2.75, 3.05) is 6.54 Å². The lowest BCUT2D eigenvalue weighted by Gasteiger charge is -2.13. The van der Waals surface area contributed by atoms with Crippen molar-refractivity contribution in [3.63, 3.8) is 0 Å². The molecule has 1 aliphatic rings. The molecule has 1 fully saturated rings. The predicted molar refractivity (Wildman–Crippen MR) is 77.0 cm³/mol. The van der Waals surface area contributed by atoms with Gasteiger partial charge < -0.3 is 15.2 Å². The molecule has 0 bridgehead atoms. The number of ether oxygens (including phenoxy) is 1. The minimum atomic E-state index is -0.980. The molecule has 1 aromatic rings. The van der Waals surface area contributed by atoms with Crippen molar-refractivity contribution in [1.29, 1.82) is 0 Å². The lowest BCUT2D eigenvalue weighted by molar-refractivity contribution is -0.149. The summed E-state index contributed by atoms with van der Waals surface area (Å²) in [5.74, 6) is -1.70. The van der Waals surface area contributed by atoms with Crippen LogP contribution in [0.4, 0.5) is 4.39 Å².